The molecule has 6 nitrogen and oxygen atoms in total. The number of ether oxygens (including phenoxy) is 1. The Bertz CT molecular complexity index is 283. The molecule has 1 aliphatic heterocycles. The average molecular weight is 244 g/mol. The molecule has 0 aromatic carbocycles. The second-order valence-electron chi connectivity index (χ2n) is 4.32. The molecule has 17 heavy (non-hydrogen) atoms. The van der Waals surface area contributed by atoms with Crippen molar-refractivity contribution in [3.63, 3.8) is 0 Å². The van der Waals surface area contributed by atoms with E-state index < -0.39 is 11.9 Å². The Hall–Kier alpha value is -1.30. The van der Waals surface area contributed by atoms with Crippen LogP contribution in [0.15, 0.2) is 0 Å². The fourth-order valence-corrected chi connectivity index (χ4v) is 1.92. The Kier molecular flexibility index (Phi) is 5.21. The molecule has 98 valence electrons. The van der Waals surface area contributed by atoms with E-state index in [1.807, 2.05) is 0 Å². The molecule has 0 bridgehead atoms. The number of nitrogens with zero attached hydrogens (tertiary/aromatic N) is 2. The summed E-state index contributed by atoms with van der Waals surface area (Å²) >= 11 is 0. The third-order valence-electron chi connectivity index (χ3n) is 3.00. The molecular formula is C11H20N2O4. The van der Waals surface area contributed by atoms with Crippen LogP contribution in [0.1, 0.15) is 12.8 Å². The lowest BCUT2D eigenvalue weighted by molar-refractivity contribution is -0.143. The molecule has 1 N–H and O–H groups in total. The number of carboxylic acid groups (broad SMARTS) is 1. The maximum absolute atomic E-state index is 12.0. The van der Waals surface area contributed by atoms with Crippen molar-refractivity contribution in [3.05, 3.63) is 0 Å². The van der Waals surface area contributed by atoms with Gasteiger partial charge in [0.25, 0.3) is 0 Å². The molecule has 1 atom stereocenters. The molecule has 0 unspecified atom stereocenters. The minimum atomic E-state index is -0.818. The van der Waals surface area contributed by atoms with Crippen LogP contribution in [0.5, 0.6) is 0 Å². The van der Waals surface area contributed by atoms with Gasteiger partial charge in [-0.15, -0.1) is 0 Å². The summed E-state index contributed by atoms with van der Waals surface area (Å²) in [6, 6.07) is -0.118. The normalized spacial score (nSPS) is 20.1. The van der Waals surface area contributed by atoms with Gasteiger partial charge in [-0.2, -0.15) is 0 Å². The lowest BCUT2D eigenvalue weighted by Gasteiger charge is -2.33. The highest BCUT2D eigenvalue weighted by Gasteiger charge is 2.29. The minimum absolute atomic E-state index is 0.118. The molecule has 0 radical (unpaired) electrons. The Labute approximate surface area is 101 Å². The van der Waals surface area contributed by atoms with Crippen molar-refractivity contribution in [2.75, 3.05) is 40.4 Å². The quantitative estimate of drug-likeness (QED) is 0.781. The van der Waals surface area contributed by atoms with Crippen LogP contribution in [-0.2, 0) is 9.53 Å². The highest BCUT2D eigenvalue weighted by Crippen LogP contribution is 2.17. The molecule has 6 heteroatoms. The lowest BCUT2D eigenvalue weighted by Crippen LogP contribution is -2.48. The number of amides is 2. The molecular weight excluding hydrogens is 224 g/mol. The topological polar surface area (TPSA) is 70.1 Å². The first-order chi connectivity index (χ1) is 8.06. The summed E-state index contributed by atoms with van der Waals surface area (Å²) in [7, 11) is 3.28. The van der Waals surface area contributed by atoms with Gasteiger partial charge >= 0.3 is 12.0 Å². The summed E-state index contributed by atoms with van der Waals surface area (Å²) in [4.78, 5) is 26.0. The SMILES string of the molecule is COCCN(C)C(=O)N1CCC[C@H](C(=O)O)C1. The molecule has 0 aromatic rings. The van der Waals surface area contributed by atoms with Gasteiger partial charge in [0.15, 0.2) is 0 Å². The molecule has 0 saturated carbocycles. The zero-order valence-corrected chi connectivity index (χ0v) is 10.4. The van der Waals surface area contributed by atoms with E-state index in [1.165, 1.54) is 0 Å². The van der Waals surface area contributed by atoms with Gasteiger partial charge in [0, 0.05) is 33.8 Å². The second kappa shape index (κ2) is 6.44. The minimum Gasteiger partial charge on any atom is -0.481 e. The molecule has 1 rings (SSSR count). The van der Waals surface area contributed by atoms with Crippen LogP contribution in [0.3, 0.4) is 0 Å². The summed E-state index contributed by atoms with van der Waals surface area (Å²) in [5, 5.41) is 8.95. The van der Waals surface area contributed by atoms with E-state index in [0.29, 0.717) is 32.7 Å². The summed E-state index contributed by atoms with van der Waals surface area (Å²) in [5.74, 6) is -1.24. The van der Waals surface area contributed by atoms with Gasteiger partial charge in [-0.1, -0.05) is 0 Å². The highest BCUT2D eigenvalue weighted by molar-refractivity contribution is 5.76. The fourth-order valence-electron chi connectivity index (χ4n) is 1.92. The number of urea groups is 1. The van der Waals surface area contributed by atoms with Crippen molar-refractivity contribution in [1.29, 1.82) is 0 Å². The van der Waals surface area contributed by atoms with E-state index >= 15 is 0 Å². The summed E-state index contributed by atoms with van der Waals surface area (Å²) in [6.07, 6.45) is 1.40. The first-order valence-electron chi connectivity index (χ1n) is 5.78. The van der Waals surface area contributed by atoms with Gasteiger partial charge in [0.05, 0.1) is 12.5 Å². The fraction of sp³-hybridized carbons (Fsp3) is 0.818. The molecule has 2 amide bonds. The Morgan fingerprint density at radius 3 is 2.82 bits per heavy atom. The van der Waals surface area contributed by atoms with Gasteiger partial charge in [0.1, 0.15) is 0 Å². The van der Waals surface area contributed by atoms with Crippen molar-refractivity contribution < 1.29 is 19.4 Å². The predicted octanol–water partition coefficient (Wildman–Crippen LogP) is 0.481. The highest BCUT2D eigenvalue weighted by atomic mass is 16.5. The number of likely N-dealkylation sites (tertiary alicyclic amines) is 1. The number of rotatable bonds is 4. The monoisotopic (exact) mass is 244 g/mol. The maximum Gasteiger partial charge on any atom is 0.319 e. The van der Waals surface area contributed by atoms with E-state index in [1.54, 1.807) is 24.0 Å². The first-order valence-corrected chi connectivity index (χ1v) is 5.78. The maximum atomic E-state index is 12.0. The van der Waals surface area contributed by atoms with Crippen LogP contribution in [0.2, 0.25) is 0 Å². The molecule has 0 spiro atoms. The van der Waals surface area contributed by atoms with E-state index in [4.69, 9.17) is 9.84 Å². The zero-order valence-electron chi connectivity index (χ0n) is 10.4. The Morgan fingerprint density at radius 2 is 2.24 bits per heavy atom. The number of piperidine rings is 1. The molecule has 1 aliphatic rings. The van der Waals surface area contributed by atoms with Crippen LogP contribution >= 0.6 is 0 Å². The van der Waals surface area contributed by atoms with Crippen molar-refractivity contribution in [2.45, 2.75) is 12.8 Å². The van der Waals surface area contributed by atoms with E-state index in [-0.39, 0.29) is 6.03 Å². The summed E-state index contributed by atoms with van der Waals surface area (Å²) < 4.78 is 4.90. The average Bonchev–Trinajstić information content (AvgIpc) is 2.35. The second-order valence-corrected chi connectivity index (χ2v) is 4.32. The van der Waals surface area contributed by atoms with Crippen LogP contribution in [0, 0.1) is 5.92 Å². The predicted molar refractivity (Wildman–Crippen MR) is 61.8 cm³/mol. The van der Waals surface area contributed by atoms with E-state index in [0.717, 1.165) is 6.42 Å². The van der Waals surface area contributed by atoms with Gasteiger partial charge in [0.2, 0.25) is 0 Å². The number of carboxylic acids is 1. The third kappa shape index (κ3) is 3.89. The van der Waals surface area contributed by atoms with Crippen molar-refractivity contribution >= 4 is 12.0 Å². The molecule has 1 saturated heterocycles. The van der Waals surface area contributed by atoms with Gasteiger partial charge in [-0.3, -0.25) is 4.79 Å². The Balaban J connectivity index is 2.48. The van der Waals surface area contributed by atoms with Crippen LogP contribution < -0.4 is 0 Å². The summed E-state index contributed by atoms with van der Waals surface area (Å²) in [5.41, 5.74) is 0. The van der Waals surface area contributed by atoms with Crippen LogP contribution in [0.25, 0.3) is 0 Å². The number of hydrogen-bond donors (Lipinski definition) is 1. The molecule has 1 heterocycles. The van der Waals surface area contributed by atoms with E-state index in [2.05, 4.69) is 0 Å². The Morgan fingerprint density at radius 1 is 1.53 bits per heavy atom. The number of likely N-dealkylation sites (N-methyl/N-ethyl adjacent to an activating group) is 1. The molecule has 0 aromatic heterocycles. The van der Waals surface area contributed by atoms with Gasteiger partial charge in [-0.05, 0) is 12.8 Å². The summed E-state index contributed by atoms with van der Waals surface area (Å²) in [6.45, 7) is 1.95. The smallest absolute Gasteiger partial charge is 0.319 e. The van der Waals surface area contributed by atoms with Crippen molar-refractivity contribution in [2.24, 2.45) is 5.92 Å². The van der Waals surface area contributed by atoms with Crippen molar-refractivity contribution in [3.8, 4) is 0 Å². The number of methoxy groups -OCH3 is 1. The largest absolute Gasteiger partial charge is 0.481 e. The number of hydrogen-bond acceptors (Lipinski definition) is 3. The van der Waals surface area contributed by atoms with Crippen molar-refractivity contribution in [1.82, 2.24) is 9.80 Å². The molecule has 1 fully saturated rings. The number of carbonyl (C=O) groups excluding carboxylic acids is 1. The zero-order chi connectivity index (χ0) is 12.8. The first kappa shape index (κ1) is 13.8. The van der Waals surface area contributed by atoms with Crippen LogP contribution in [-0.4, -0.2) is 67.3 Å². The number of carbonyl (C=O) groups is 2. The van der Waals surface area contributed by atoms with E-state index in [9.17, 15) is 9.59 Å². The number of aliphatic carboxylic acids is 1. The van der Waals surface area contributed by atoms with Gasteiger partial charge in [-0.25, -0.2) is 4.79 Å². The third-order valence-corrected chi connectivity index (χ3v) is 3.00. The standard InChI is InChI=1S/C11H20N2O4/c1-12(6-7-17-2)11(16)13-5-3-4-9(8-13)10(14)15/h9H,3-8H2,1-2H3,(H,14,15)/t9-/m0/s1. The molecule has 0 aliphatic carbocycles. The van der Waals surface area contributed by atoms with Crippen LogP contribution in [0.4, 0.5) is 4.79 Å². The van der Waals surface area contributed by atoms with Gasteiger partial charge < -0.3 is 19.6 Å². The lowest BCUT2D eigenvalue weighted by atomic mass is 9.99.